The van der Waals surface area contributed by atoms with Crippen molar-refractivity contribution in [2.24, 2.45) is 0 Å². The van der Waals surface area contributed by atoms with E-state index in [-0.39, 0.29) is 23.8 Å². The summed E-state index contributed by atoms with van der Waals surface area (Å²) >= 11 is 0. The van der Waals surface area contributed by atoms with E-state index < -0.39 is 24.0 Å². The topological polar surface area (TPSA) is 95.9 Å². The van der Waals surface area contributed by atoms with Gasteiger partial charge in [-0.05, 0) is 41.3 Å². The first-order chi connectivity index (χ1) is 15.9. The molecule has 3 aromatic carbocycles. The Bertz CT molecular complexity index is 1180. The molecule has 3 aromatic rings. The Morgan fingerprint density at radius 3 is 2.09 bits per heavy atom. The maximum absolute atomic E-state index is 12.8. The van der Waals surface area contributed by atoms with Gasteiger partial charge in [-0.3, -0.25) is 4.79 Å². The number of likely N-dealkylation sites (N-methyl/N-ethyl adjacent to an activating group) is 1. The van der Waals surface area contributed by atoms with Crippen LogP contribution in [0, 0.1) is 0 Å². The van der Waals surface area contributed by atoms with Crippen LogP contribution in [0.1, 0.15) is 34.3 Å². The molecular weight excluding hydrogens is 420 g/mol. The van der Waals surface area contributed by atoms with Gasteiger partial charge in [0, 0.05) is 13.0 Å². The van der Waals surface area contributed by atoms with Gasteiger partial charge in [-0.15, -0.1) is 0 Å². The van der Waals surface area contributed by atoms with Gasteiger partial charge in [0.15, 0.2) is 0 Å². The van der Waals surface area contributed by atoms with Crippen molar-refractivity contribution in [2.45, 2.75) is 18.9 Å². The molecule has 168 valence electrons. The van der Waals surface area contributed by atoms with Gasteiger partial charge in [0.2, 0.25) is 5.91 Å². The second kappa shape index (κ2) is 9.16. The zero-order chi connectivity index (χ0) is 23.5. The van der Waals surface area contributed by atoms with Gasteiger partial charge in [0.25, 0.3) is 0 Å². The predicted molar refractivity (Wildman–Crippen MR) is 124 cm³/mol. The Hall–Kier alpha value is -4.13. The molecule has 1 aliphatic carbocycles. The first-order valence-corrected chi connectivity index (χ1v) is 10.6. The highest BCUT2D eigenvalue weighted by molar-refractivity contribution is 6.03. The molecule has 0 saturated carbocycles. The number of amides is 2. The van der Waals surface area contributed by atoms with Crippen LogP contribution >= 0.6 is 0 Å². The van der Waals surface area contributed by atoms with E-state index in [2.05, 4.69) is 17.4 Å². The molecule has 33 heavy (non-hydrogen) atoms. The Balaban J connectivity index is 1.41. The Morgan fingerprint density at radius 2 is 1.48 bits per heavy atom. The molecule has 0 heterocycles. The lowest BCUT2D eigenvalue weighted by molar-refractivity contribution is -0.119. The van der Waals surface area contributed by atoms with E-state index in [1.807, 2.05) is 36.4 Å². The normalized spacial score (nSPS) is 12.9. The zero-order valence-electron chi connectivity index (χ0n) is 18.3. The third-order valence-corrected chi connectivity index (χ3v) is 5.87. The quantitative estimate of drug-likeness (QED) is 0.592. The summed E-state index contributed by atoms with van der Waals surface area (Å²) in [7, 11) is 1.47. The number of benzene rings is 3. The standard InChI is InChI=1S/C26H24N2O5/c1-16(24(29)28(2)23-14-8-7-13-21(23)25(30)31)27-26(32)33-15-22-19-11-5-3-9-17(19)18-10-4-6-12-20(18)22/h3-14,16,22H,15H2,1-2H3,(H,27,32)(H,30,31)/t16-/m0/s1. The van der Waals surface area contributed by atoms with Gasteiger partial charge in [-0.25, -0.2) is 9.59 Å². The smallest absolute Gasteiger partial charge is 0.407 e. The van der Waals surface area contributed by atoms with Crippen molar-refractivity contribution in [1.82, 2.24) is 5.32 Å². The van der Waals surface area contributed by atoms with E-state index in [1.54, 1.807) is 18.2 Å². The molecule has 0 saturated heterocycles. The molecule has 0 unspecified atom stereocenters. The molecule has 0 bridgehead atoms. The number of aromatic carboxylic acids is 1. The van der Waals surface area contributed by atoms with Crippen molar-refractivity contribution >= 4 is 23.7 Å². The number of nitrogens with one attached hydrogen (secondary N) is 1. The lowest BCUT2D eigenvalue weighted by Crippen LogP contribution is -2.46. The van der Waals surface area contributed by atoms with Gasteiger partial charge in [0.05, 0.1) is 11.3 Å². The van der Waals surface area contributed by atoms with Crippen LogP contribution in [0.2, 0.25) is 0 Å². The molecule has 2 N–H and O–H groups in total. The largest absolute Gasteiger partial charge is 0.478 e. The number of nitrogens with zero attached hydrogens (tertiary/aromatic N) is 1. The van der Waals surface area contributed by atoms with Crippen molar-refractivity contribution < 1.29 is 24.2 Å². The summed E-state index contributed by atoms with van der Waals surface area (Å²) in [5, 5.41) is 11.9. The fraction of sp³-hybridized carbons (Fsp3) is 0.192. The van der Waals surface area contributed by atoms with Crippen LogP contribution in [0.5, 0.6) is 0 Å². The lowest BCUT2D eigenvalue weighted by atomic mass is 9.98. The summed E-state index contributed by atoms with van der Waals surface area (Å²) in [6, 6.07) is 21.4. The maximum Gasteiger partial charge on any atom is 0.407 e. The van der Waals surface area contributed by atoms with E-state index in [4.69, 9.17) is 4.74 Å². The van der Waals surface area contributed by atoms with Crippen molar-refractivity contribution in [3.8, 4) is 11.1 Å². The second-order valence-electron chi connectivity index (χ2n) is 7.91. The third kappa shape index (κ3) is 4.30. The average Bonchev–Trinajstić information content (AvgIpc) is 3.15. The second-order valence-corrected chi connectivity index (χ2v) is 7.91. The van der Waals surface area contributed by atoms with Gasteiger partial charge in [-0.1, -0.05) is 60.7 Å². The number of hydrogen-bond acceptors (Lipinski definition) is 4. The molecule has 2 amide bonds. The van der Waals surface area contributed by atoms with Gasteiger partial charge >= 0.3 is 12.1 Å². The molecule has 1 aliphatic rings. The number of rotatable bonds is 6. The number of alkyl carbamates (subject to hydrolysis) is 1. The summed E-state index contributed by atoms with van der Waals surface area (Å²) in [5.74, 6) is -1.68. The first-order valence-electron chi connectivity index (χ1n) is 10.6. The number of para-hydroxylation sites is 1. The number of anilines is 1. The molecule has 1 atom stereocenters. The Kier molecular flexibility index (Phi) is 6.13. The van der Waals surface area contributed by atoms with Crippen LogP contribution in [0.15, 0.2) is 72.8 Å². The molecule has 0 spiro atoms. The Labute approximate surface area is 191 Å². The fourth-order valence-electron chi connectivity index (χ4n) is 4.23. The minimum Gasteiger partial charge on any atom is -0.478 e. The summed E-state index contributed by atoms with van der Waals surface area (Å²) < 4.78 is 5.49. The van der Waals surface area contributed by atoms with Crippen molar-refractivity contribution in [1.29, 1.82) is 0 Å². The van der Waals surface area contributed by atoms with E-state index in [1.165, 1.54) is 24.9 Å². The SMILES string of the molecule is C[C@H](NC(=O)OCC1c2ccccc2-c2ccccc21)C(=O)N(C)c1ccccc1C(=O)O. The van der Waals surface area contributed by atoms with Gasteiger partial charge < -0.3 is 20.1 Å². The number of ether oxygens (including phenoxy) is 1. The number of carboxylic acids is 1. The average molecular weight is 444 g/mol. The number of fused-ring (bicyclic) bond motifs is 3. The van der Waals surface area contributed by atoms with Crippen molar-refractivity contribution in [3.63, 3.8) is 0 Å². The van der Waals surface area contributed by atoms with Crippen molar-refractivity contribution in [3.05, 3.63) is 89.5 Å². The summed E-state index contributed by atoms with van der Waals surface area (Å²) in [4.78, 5) is 38.0. The van der Waals surface area contributed by atoms with Crippen LogP contribution in [0.25, 0.3) is 11.1 Å². The first kappa shape index (κ1) is 22.1. The monoisotopic (exact) mass is 444 g/mol. The minimum absolute atomic E-state index is 0.00157. The summed E-state index contributed by atoms with van der Waals surface area (Å²) in [6.45, 7) is 1.67. The highest BCUT2D eigenvalue weighted by Gasteiger charge is 2.30. The van der Waals surface area contributed by atoms with Crippen LogP contribution in [0.3, 0.4) is 0 Å². The van der Waals surface area contributed by atoms with Crippen LogP contribution in [-0.4, -0.2) is 42.8 Å². The van der Waals surface area contributed by atoms with E-state index >= 15 is 0 Å². The van der Waals surface area contributed by atoms with E-state index in [0.717, 1.165) is 22.3 Å². The zero-order valence-corrected chi connectivity index (χ0v) is 18.3. The number of carbonyl (C=O) groups excluding carboxylic acids is 2. The molecule has 0 radical (unpaired) electrons. The molecule has 0 aliphatic heterocycles. The highest BCUT2D eigenvalue weighted by Crippen LogP contribution is 2.44. The minimum atomic E-state index is -1.14. The molecule has 7 nitrogen and oxygen atoms in total. The van der Waals surface area contributed by atoms with E-state index in [9.17, 15) is 19.5 Å². The maximum atomic E-state index is 12.8. The predicted octanol–water partition coefficient (Wildman–Crippen LogP) is 4.27. The Morgan fingerprint density at radius 1 is 0.939 bits per heavy atom. The molecule has 0 fully saturated rings. The number of carboxylic acid groups (broad SMARTS) is 1. The fourth-order valence-corrected chi connectivity index (χ4v) is 4.23. The van der Waals surface area contributed by atoms with E-state index in [0.29, 0.717) is 0 Å². The molecule has 7 heteroatoms. The number of hydrogen-bond donors (Lipinski definition) is 2. The van der Waals surface area contributed by atoms with Crippen LogP contribution < -0.4 is 10.2 Å². The molecule has 0 aromatic heterocycles. The summed E-state index contributed by atoms with van der Waals surface area (Å²) in [5.41, 5.74) is 4.70. The van der Waals surface area contributed by atoms with Crippen molar-refractivity contribution in [2.75, 3.05) is 18.6 Å². The third-order valence-electron chi connectivity index (χ3n) is 5.87. The van der Waals surface area contributed by atoms with Gasteiger partial charge in [-0.2, -0.15) is 0 Å². The number of carbonyl (C=O) groups is 3. The highest BCUT2D eigenvalue weighted by atomic mass is 16.5. The van der Waals surface area contributed by atoms with Crippen LogP contribution in [-0.2, 0) is 9.53 Å². The van der Waals surface area contributed by atoms with Gasteiger partial charge in [0.1, 0.15) is 12.6 Å². The lowest BCUT2D eigenvalue weighted by Gasteiger charge is -2.23. The summed E-state index contributed by atoms with van der Waals surface area (Å²) in [6.07, 6.45) is -0.711. The molecular formula is C26H24N2O5. The van der Waals surface area contributed by atoms with Crippen LogP contribution in [0.4, 0.5) is 10.5 Å². The molecule has 4 rings (SSSR count).